The lowest BCUT2D eigenvalue weighted by atomic mass is 10.3. The molecule has 4 heteroatoms. The van der Waals surface area contributed by atoms with E-state index in [1.54, 1.807) is 26.0 Å². The number of rotatable bonds is 7. The summed E-state index contributed by atoms with van der Waals surface area (Å²) in [5, 5.41) is 8.73. The maximum atomic E-state index is 11.3. The molecule has 0 fully saturated rings. The molecule has 0 aromatic carbocycles. The maximum Gasteiger partial charge on any atom is 0.335 e. The average Bonchev–Trinajstić information content (AvgIpc) is 2.24. The Morgan fingerprint density at radius 3 is 2.73 bits per heavy atom. The van der Waals surface area contributed by atoms with Crippen LogP contribution in [0.5, 0.6) is 0 Å². The Kier molecular flexibility index (Phi) is 7.58. The lowest BCUT2D eigenvalue weighted by Gasteiger charge is -2.16. The summed E-state index contributed by atoms with van der Waals surface area (Å²) in [6, 6.07) is 0. The smallest absolute Gasteiger partial charge is 0.335 e. The minimum Gasteiger partial charge on any atom is -0.432 e. The first kappa shape index (κ1) is 13.9. The largest absolute Gasteiger partial charge is 0.432 e. The molecule has 0 aliphatic heterocycles. The van der Waals surface area contributed by atoms with Crippen molar-refractivity contribution in [3.63, 3.8) is 0 Å². The average molecular weight is 214 g/mol. The summed E-state index contributed by atoms with van der Waals surface area (Å²) in [5.74, 6) is -0.431. The van der Waals surface area contributed by atoms with Crippen LogP contribution in [-0.4, -0.2) is 30.6 Å². The van der Waals surface area contributed by atoms with E-state index in [1.165, 1.54) is 0 Å². The van der Waals surface area contributed by atoms with Crippen LogP contribution in [0.3, 0.4) is 0 Å². The first-order chi connectivity index (χ1) is 7.15. The molecular formula is C11H18O4. The summed E-state index contributed by atoms with van der Waals surface area (Å²) in [4.78, 5) is 11.3. The van der Waals surface area contributed by atoms with Gasteiger partial charge < -0.3 is 14.6 Å². The fourth-order valence-electron chi connectivity index (χ4n) is 0.787. The number of hydrogen-bond acceptors (Lipinski definition) is 4. The second-order valence-corrected chi connectivity index (χ2v) is 2.94. The Labute approximate surface area is 90.2 Å². The van der Waals surface area contributed by atoms with Crippen LogP contribution in [0.4, 0.5) is 0 Å². The zero-order valence-corrected chi connectivity index (χ0v) is 9.23. The minimum absolute atomic E-state index is 0.0933. The van der Waals surface area contributed by atoms with Crippen molar-refractivity contribution in [2.24, 2.45) is 0 Å². The van der Waals surface area contributed by atoms with Gasteiger partial charge in [-0.1, -0.05) is 12.2 Å². The Balaban J connectivity index is 4.14. The lowest BCUT2D eigenvalue weighted by molar-refractivity contribution is -0.174. The van der Waals surface area contributed by atoms with E-state index < -0.39 is 12.3 Å². The summed E-state index contributed by atoms with van der Waals surface area (Å²) >= 11 is 0. The van der Waals surface area contributed by atoms with Gasteiger partial charge in [-0.05, 0) is 13.8 Å². The molecule has 86 valence electrons. The van der Waals surface area contributed by atoms with Gasteiger partial charge in [-0.3, -0.25) is 0 Å². The van der Waals surface area contributed by atoms with Crippen LogP contribution in [-0.2, 0) is 14.3 Å². The first-order valence-corrected chi connectivity index (χ1v) is 4.83. The number of esters is 1. The van der Waals surface area contributed by atoms with Crippen LogP contribution in [0.25, 0.3) is 0 Å². The Hall–Kier alpha value is -1.13. The molecule has 4 nitrogen and oxygen atoms in total. The normalized spacial score (nSPS) is 13.4. The summed E-state index contributed by atoms with van der Waals surface area (Å²) in [6.45, 7) is 7.09. The molecule has 1 unspecified atom stereocenters. The van der Waals surface area contributed by atoms with Crippen LogP contribution < -0.4 is 0 Å². The van der Waals surface area contributed by atoms with Crippen LogP contribution in [0.2, 0.25) is 0 Å². The lowest BCUT2D eigenvalue weighted by Crippen LogP contribution is -2.23. The second-order valence-electron chi connectivity index (χ2n) is 2.94. The summed E-state index contributed by atoms with van der Waals surface area (Å²) in [5.41, 5.74) is 0.514. The molecule has 0 saturated carbocycles. The van der Waals surface area contributed by atoms with Crippen LogP contribution >= 0.6 is 0 Å². The summed E-state index contributed by atoms with van der Waals surface area (Å²) in [7, 11) is 0. The number of allylic oxidation sites excluding steroid dienone is 1. The molecular weight excluding hydrogens is 196 g/mol. The minimum atomic E-state index is -0.713. The molecule has 0 amide bonds. The Morgan fingerprint density at radius 2 is 2.27 bits per heavy atom. The molecule has 0 aromatic heterocycles. The molecule has 1 N–H and O–H groups in total. The first-order valence-electron chi connectivity index (χ1n) is 4.83. The van der Waals surface area contributed by atoms with E-state index >= 15 is 0 Å². The number of carbonyl (C=O) groups is 1. The van der Waals surface area contributed by atoms with E-state index in [4.69, 9.17) is 14.6 Å². The third kappa shape index (κ3) is 6.04. The standard InChI is InChI=1S/C11H18O4/c1-4-8-14-10(6-7-12)15-11(13)9(3)5-2/h4-5,10,12H,1,6-8H2,2-3H3. The van der Waals surface area contributed by atoms with E-state index in [0.29, 0.717) is 5.57 Å². The topological polar surface area (TPSA) is 55.8 Å². The monoisotopic (exact) mass is 214 g/mol. The van der Waals surface area contributed by atoms with Crippen molar-refractivity contribution < 1.29 is 19.4 Å². The SMILES string of the molecule is C=CCOC(CCO)OC(=O)C(C)=CC. The van der Waals surface area contributed by atoms with E-state index in [9.17, 15) is 4.79 Å². The van der Waals surface area contributed by atoms with Gasteiger partial charge in [0.15, 0.2) is 0 Å². The van der Waals surface area contributed by atoms with Gasteiger partial charge in [0.2, 0.25) is 6.29 Å². The van der Waals surface area contributed by atoms with Gasteiger partial charge >= 0.3 is 5.97 Å². The third-order valence-electron chi connectivity index (χ3n) is 1.76. The molecule has 0 radical (unpaired) electrons. The Morgan fingerprint density at radius 1 is 1.60 bits per heavy atom. The van der Waals surface area contributed by atoms with Gasteiger partial charge in [0, 0.05) is 18.6 Å². The maximum absolute atomic E-state index is 11.3. The quantitative estimate of drug-likeness (QED) is 0.301. The predicted octanol–water partition coefficient (Wildman–Crippen LogP) is 1.41. The van der Waals surface area contributed by atoms with Crippen molar-refractivity contribution in [2.45, 2.75) is 26.6 Å². The molecule has 0 rings (SSSR count). The molecule has 0 heterocycles. The zero-order chi connectivity index (χ0) is 11.7. The summed E-state index contributed by atoms with van der Waals surface area (Å²) < 4.78 is 10.2. The van der Waals surface area contributed by atoms with Crippen molar-refractivity contribution in [1.82, 2.24) is 0 Å². The predicted molar refractivity (Wildman–Crippen MR) is 57.2 cm³/mol. The fraction of sp³-hybridized carbons (Fsp3) is 0.545. The number of hydrogen-bond donors (Lipinski definition) is 1. The molecule has 1 atom stereocenters. The van der Waals surface area contributed by atoms with Gasteiger partial charge in [0.05, 0.1) is 6.61 Å². The molecule has 0 saturated heterocycles. The van der Waals surface area contributed by atoms with Gasteiger partial charge in [-0.15, -0.1) is 6.58 Å². The van der Waals surface area contributed by atoms with Gasteiger partial charge in [-0.2, -0.15) is 0 Å². The molecule has 0 bridgehead atoms. The number of carbonyl (C=O) groups excluding carboxylic acids is 1. The van der Waals surface area contributed by atoms with Gasteiger partial charge in [-0.25, -0.2) is 4.79 Å². The fourth-order valence-corrected chi connectivity index (χ4v) is 0.787. The van der Waals surface area contributed by atoms with Crippen molar-refractivity contribution in [1.29, 1.82) is 0 Å². The van der Waals surface area contributed by atoms with Crippen LogP contribution in [0, 0.1) is 0 Å². The van der Waals surface area contributed by atoms with E-state index in [2.05, 4.69) is 6.58 Å². The van der Waals surface area contributed by atoms with Crippen molar-refractivity contribution in [2.75, 3.05) is 13.2 Å². The van der Waals surface area contributed by atoms with Crippen molar-refractivity contribution >= 4 is 5.97 Å². The third-order valence-corrected chi connectivity index (χ3v) is 1.76. The number of ether oxygens (including phenoxy) is 2. The van der Waals surface area contributed by atoms with Gasteiger partial charge in [0.1, 0.15) is 0 Å². The highest BCUT2D eigenvalue weighted by Crippen LogP contribution is 2.05. The molecule has 0 spiro atoms. The van der Waals surface area contributed by atoms with E-state index in [-0.39, 0.29) is 19.6 Å². The van der Waals surface area contributed by atoms with Crippen molar-refractivity contribution in [3.8, 4) is 0 Å². The van der Waals surface area contributed by atoms with E-state index in [1.807, 2.05) is 0 Å². The van der Waals surface area contributed by atoms with Crippen LogP contribution in [0.1, 0.15) is 20.3 Å². The summed E-state index contributed by atoms with van der Waals surface area (Å²) in [6.07, 6.45) is 2.76. The van der Waals surface area contributed by atoms with Crippen LogP contribution in [0.15, 0.2) is 24.3 Å². The highest BCUT2D eigenvalue weighted by molar-refractivity contribution is 5.87. The molecule has 0 aromatic rings. The number of aliphatic hydroxyl groups excluding tert-OH is 1. The van der Waals surface area contributed by atoms with Crippen molar-refractivity contribution in [3.05, 3.63) is 24.3 Å². The molecule has 0 aliphatic rings. The van der Waals surface area contributed by atoms with Gasteiger partial charge in [0.25, 0.3) is 0 Å². The highest BCUT2D eigenvalue weighted by atomic mass is 16.7. The molecule has 0 aliphatic carbocycles. The second kappa shape index (κ2) is 8.20. The Bertz CT molecular complexity index is 233. The number of aliphatic hydroxyl groups is 1. The zero-order valence-electron chi connectivity index (χ0n) is 9.23. The van der Waals surface area contributed by atoms with E-state index in [0.717, 1.165) is 0 Å². The highest BCUT2D eigenvalue weighted by Gasteiger charge is 2.14. The molecule has 15 heavy (non-hydrogen) atoms.